The van der Waals surface area contributed by atoms with Gasteiger partial charge in [-0.1, -0.05) is 12.1 Å². The summed E-state index contributed by atoms with van der Waals surface area (Å²) < 4.78 is 92.4. The van der Waals surface area contributed by atoms with Gasteiger partial charge in [0.15, 0.2) is 0 Å². The molecule has 0 aromatic heterocycles. The number of anilines is 1. The van der Waals surface area contributed by atoms with E-state index in [1.165, 1.54) is 6.07 Å². The minimum atomic E-state index is -5.04. The van der Waals surface area contributed by atoms with E-state index in [0.29, 0.717) is 24.5 Å². The minimum absolute atomic E-state index is 0.0744. The lowest BCUT2D eigenvalue weighted by atomic mass is 10.0. The first-order valence-electron chi connectivity index (χ1n) is 7.29. The molecule has 25 heavy (non-hydrogen) atoms. The van der Waals surface area contributed by atoms with Crippen LogP contribution in [0.3, 0.4) is 0 Å². The van der Waals surface area contributed by atoms with Gasteiger partial charge in [-0.3, -0.25) is 4.31 Å². The maximum atomic E-state index is 14.2. The zero-order chi connectivity index (χ0) is 18.4. The van der Waals surface area contributed by atoms with Crippen molar-refractivity contribution in [2.24, 2.45) is 0 Å². The van der Waals surface area contributed by atoms with E-state index in [-0.39, 0.29) is 18.3 Å². The summed E-state index contributed by atoms with van der Waals surface area (Å²) in [4.78, 5) is -0.739. The van der Waals surface area contributed by atoms with Gasteiger partial charge in [-0.25, -0.2) is 17.2 Å². The van der Waals surface area contributed by atoms with Crippen LogP contribution in [0.1, 0.15) is 17.5 Å². The Balaban J connectivity index is 2.14. The summed E-state index contributed by atoms with van der Waals surface area (Å²) in [5.41, 5.74) is -1.40. The molecule has 0 saturated heterocycles. The molecular formula is C16H12F5NO2S. The average Bonchev–Trinajstić information content (AvgIpc) is 2.53. The third kappa shape index (κ3) is 3.08. The molecule has 1 aliphatic rings. The van der Waals surface area contributed by atoms with Crippen LogP contribution in [0.25, 0.3) is 0 Å². The Morgan fingerprint density at radius 3 is 2.40 bits per heavy atom. The molecule has 1 aliphatic heterocycles. The van der Waals surface area contributed by atoms with Crippen LogP contribution in [0.2, 0.25) is 0 Å². The Labute approximate surface area is 140 Å². The number of fused-ring (bicyclic) bond motifs is 1. The van der Waals surface area contributed by atoms with E-state index >= 15 is 0 Å². The standard InChI is InChI=1S/C16H12F5NO2S/c17-13-7-6-11(9-12(13)16(19,20)21)25(23,24)22-8-2-4-10-3-1-5-14(18)15(10)22/h1,3,5-7,9H,2,4,8H2. The third-order valence-electron chi connectivity index (χ3n) is 3.96. The van der Waals surface area contributed by atoms with E-state index < -0.39 is 38.3 Å². The van der Waals surface area contributed by atoms with Crippen molar-refractivity contribution in [1.29, 1.82) is 0 Å². The summed E-state index contributed by atoms with van der Waals surface area (Å²) in [6.45, 7) is -0.0744. The molecule has 9 heteroatoms. The second kappa shape index (κ2) is 5.98. The van der Waals surface area contributed by atoms with Crippen molar-refractivity contribution in [3.8, 4) is 0 Å². The first kappa shape index (κ1) is 17.7. The molecular weight excluding hydrogens is 365 g/mol. The van der Waals surface area contributed by atoms with E-state index in [9.17, 15) is 30.4 Å². The highest BCUT2D eigenvalue weighted by Crippen LogP contribution is 2.37. The molecule has 0 N–H and O–H groups in total. The number of hydrogen-bond acceptors (Lipinski definition) is 2. The molecule has 2 aromatic rings. The zero-order valence-corrected chi connectivity index (χ0v) is 13.5. The van der Waals surface area contributed by atoms with Crippen LogP contribution < -0.4 is 4.31 Å². The van der Waals surface area contributed by atoms with Gasteiger partial charge in [0.05, 0.1) is 16.1 Å². The number of aryl methyl sites for hydroxylation is 1. The molecule has 2 aromatic carbocycles. The molecule has 0 fully saturated rings. The van der Waals surface area contributed by atoms with Crippen LogP contribution in [0.5, 0.6) is 0 Å². The number of alkyl halides is 3. The minimum Gasteiger partial charge on any atom is -0.263 e. The lowest BCUT2D eigenvalue weighted by Crippen LogP contribution is -2.36. The fourth-order valence-corrected chi connectivity index (χ4v) is 4.39. The Hall–Kier alpha value is -2.16. The molecule has 0 unspecified atom stereocenters. The van der Waals surface area contributed by atoms with Crippen molar-refractivity contribution in [1.82, 2.24) is 0 Å². The predicted octanol–water partition coefficient (Wildman–Crippen LogP) is 4.13. The summed E-state index contributed by atoms with van der Waals surface area (Å²) in [6.07, 6.45) is -4.19. The van der Waals surface area contributed by atoms with E-state index in [0.717, 1.165) is 16.4 Å². The molecule has 3 rings (SSSR count). The van der Waals surface area contributed by atoms with Crippen LogP contribution in [0.4, 0.5) is 27.6 Å². The van der Waals surface area contributed by atoms with Gasteiger partial charge in [-0.15, -0.1) is 0 Å². The Morgan fingerprint density at radius 1 is 1.00 bits per heavy atom. The normalized spacial score (nSPS) is 15.2. The van der Waals surface area contributed by atoms with Gasteiger partial charge >= 0.3 is 6.18 Å². The van der Waals surface area contributed by atoms with E-state index in [1.54, 1.807) is 6.07 Å². The Bertz CT molecular complexity index is 925. The topological polar surface area (TPSA) is 37.4 Å². The van der Waals surface area contributed by atoms with Crippen molar-refractivity contribution in [3.63, 3.8) is 0 Å². The number of halogens is 5. The van der Waals surface area contributed by atoms with Gasteiger partial charge in [-0.2, -0.15) is 13.2 Å². The van der Waals surface area contributed by atoms with Crippen LogP contribution in [-0.4, -0.2) is 15.0 Å². The molecule has 0 amide bonds. The van der Waals surface area contributed by atoms with Crippen molar-refractivity contribution in [2.75, 3.05) is 10.8 Å². The van der Waals surface area contributed by atoms with Gasteiger partial charge in [0.25, 0.3) is 10.0 Å². The maximum Gasteiger partial charge on any atom is 0.419 e. The zero-order valence-electron chi connectivity index (χ0n) is 12.6. The number of benzene rings is 2. The van der Waals surface area contributed by atoms with Crippen LogP contribution in [-0.2, 0) is 22.6 Å². The smallest absolute Gasteiger partial charge is 0.263 e. The number of sulfonamides is 1. The first-order valence-corrected chi connectivity index (χ1v) is 8.73. The largest absolute Gasteiger partial charge is 0.419 e. The number of para-hydroxylation sites is 1. The van der Waals surface area contributed by atoms with Gasteiger partial charge in [0.1, 0.15) is 11.6 Å². The van der Waals surface area contributed by atoms with Crippen LogP contribution in [0, 0.1) is 11.6 Å². The quantitative estimate of drug-likeness (QED) is 0.739. The number of rotatable bonds is 2. The summed E-state index contributed by atoms with van der Waals surface area (Å²) in [6, 6.07) is 5.51. The lowest BCUT2D eigenvalue weighted by Gasteiger charge is -2.30. The summed E-state index contributed by atoms with van der Waals surface area (Å²) in [7, 11) is -4.47. The summed E-state index contributed by atoms with van der Waals surface area (Å²) >= 11 is 0. The van der Waals surface area contributed by atoms with E-state index in [2.05, 4.69) is 0 Å². The second-order valence-corrected chi connectivity index (χ2v) is 7.43. The van der Waals surface area contributed by atoms with E-state index in [1.807, 2.05) is 0 Å². The third-order valence-corrected chi connectivity index (χ3v) is 5.75. The maximum absolute atomic E-state index is 14.2. The highest BCUT2D eigenvalue weighted by atomic mass is 32.2. The predicted molar refractivity (Wildman–Crippen MR) is 80.7 cm³/mol. The molecule has 3 nitrogen and oxygen atoms in total. The summed E-state index contributed by atoms with van der Waals surface area (Å²) in [5, 5.41) is 0. The van der Waals surface area contributed by atoms with E-state index in [4.69, 9.17) is 0 Å². The van der Waals surface area contributed by atoms with Crippen molar-refractivity contribution < 1.29 is 30.4 Å². The average molecular weight is 377 g/mol. The van der Waals surface area contributed by atoms with Gasteiger partial charge in [-0.05, 0) is 42.7 Å². The highest BCUT2D eigenvalue weighted by Gasteiger charge is 2.37. The molecule has 0 atom stereocenters. The SMILES string of the molecule is O=S(=O)(c1ccc(F)c(C(F)(F)F)c1)N1CCCc2cccc(F)c21. The molecule has 0 aliphatic carbocycles. The number of nitrogens with zero attached hydrogens (tertiary/aromatic N) is 1. The van der Waals surface area contributed by atoms with Crippen molar-refractivity contribution in [3.05, 3.63) is 59.2 Å². The Morgan fingerprint density at radius 2 is 1.72 bits per heavy atom. The van der Waals surface area contributed by atoms with Crippen molar-refractivity contribution in [2.45, 2.75) is 23.9 Å². The van der Waals surface area contributed by atoms with Crippen LogP contribution >= 0.6 is 0 Å². The molecule has 0 radical (unpaired) electrons. The molecule has 0 saturated carbocycles. The second-order valence-electron chi connectivity index (χ2n) is 5.57. The molecule has 134 valence electrons. The monoisotopic (exact) mass is 377 g/mol. The lowest BCUT2D eigenvalue weighted by molar-refractivity contribution is -0.140. The van der Waals surface area contributed by atoms with Gasteiger partial charge in [0, 0.05) is 6.54 Å². The Kier molecular flexibility index (Phi) is 4.22. The molecule has 0 spiro atoms. The molecule has 0 bridgehead atoms. The number of hydrogen-bond donors (Lipinski definition) is 0. The van der Waals surface area contributed by atoms with Crippen LogP contribution in [0.15, 0.2) is 41.3 Å². The fraction of sp³-hybridized carbons (Fsp3) is 0.250. The summed E-state index contributed by atoms with van der Waals surface area (Å²) in [5.74, 6) is -2.35. The van der Waals surface area contributed by atoms with Crippen molar-refractivity contribution >= 4 is 15.7 Å². The van der Waals surface area contributed by atoms with Gasteiger partial charge < -0.3 is 0 Å². The first-order chi connectivity index (χ1) is 11.6. The fourth-order valence-electron chi connectivity index (χ4n) is 2.82. The highest BCUT2D eigenvalue weighted by molar-refractivity contribution is 7.92. The molecule has 1 heterocycles. The van der Waals surface area contributed by atoms with Gasteiger partial charge in [0.2, 0.25) is 0 Å².